The first kappa shape index (κ1) is 14.2. The van der Waals surface area contributed by atoms with Crippen LogP contribution in [0.3, 0.4) is 0 Å². The van der Waals surface area contributed by atoms with E-state index in [0.29, 0.717) is 0 Å². The van der Waals surface area contributed by atoms with Crippen LogP contribution in [0.15, 0.2) is 25.3 Å². The number of hydrogen-bond donors (Lipinski definition) is 3. The van der Waals surface area contributed by atoms with Crippen molar-refractivity contribution in [2.45, 2.75) is 6.04 Å². The van der Waals surface area contributed by atoms with Crippen LogP contribution in [0.1, 0.15) is 0 Å². The van der Waals surface area contributed by atoms with Crippen LogP contribution in [0.25, 0.3) is 0 Å². The lowest BCUT2D eigenvalue weighted by molar-refractivity contribution is -0.140. The van der Waals surface area contributed by atoms with Gasteiger partial charge in [-0.2, -0.15) is 0 Å². The first-order valence-corrected chi connectivity index (χ1v) is 4.67. The molecule has 0 aliphatic carbocycles. The average Bonchev–Trinajstić information content (AvgIpc) is 2.24. The quantitative estimate of drug-likeness (QED) is 0.527. The second-order valence-corrected chi connectivity index (χ2v) is 3.01. The monoisotopic (exact) mass is 228 g/mol. The number of hydrogen-bond acceptors (Lipinski definition) is 3. The van der Waals surface area contributed by atoms with Crippen molar-refractivity contribution in [3.63, 3.8) is 0 Å². The number of aliphatic carboxylic acids is 1. The Balaban J connectivity index is 4.42. The van der Waals surface area contributed by atoms with E-state index < -0.39 is 24.6 Å². The SMILES string of the molecule is C=CCN(CC=C)C(=O)N[C@@H](CO)C(=O)O. The summed E-state index contributed by atoms with van der Waals surface area (Å²) in [5.74, 6) is -1.28. The van der Waals surface area contributed by atoms with Crippen LogP contribution in [0.4, 0.5) is 4.79 Å². The lowest BCUT2D eigenvalue weighted by atomic mass is 10.3. The van der Waals surface area contributed by atoms with Crippen molar-refractivity contribution in [2.75, 3.05) is 19.7 Å². The standard InChI is InChI=1S/C10H16N2O4/c1-3-5-12(6-4-2)10(16)11-8(7-13)9(14)15/h3-4,8,13H,1-2,5-7H2,(H,11,16)(H,14,15)/t8-/m0/s1. The summed E-state index contributed by atoms with van der Waals surface area (Å²) in [5, 5.41) is 19.5. The van der Waals surface area contributed by atoms with Gasteiger partial charge in [-0.05, 0) is 0 Å². The van der Waals surface area contributed by atoms with E-state index in [9.17, 15) is 9.59 Å². The Morgan fingerprint density at radius 3 is 2.12 bits per heavy atom. The van der Waals surface area contributed by atoms with Gasteiger partial charge in [0.15, 0.2) is 6.04 Å². The molecular formula is C10H16N2O4. The highest BCUT2D eigenvalue weighted by molar-refractivity contribution is 5.82. The summed E-state index contributed by atoms with van der Waals surface area (Å²) in [6, 6.07) is -1.88. The highest BCUT2D eigenvalue weighted by Crippen LogP contribution is 1.93. The number of amides is 2. The van der Waals surface area contributed by atoms with Crippen molar-refractivity contribution in [3.05, 3.63) is 25.3 Å². The zero-order chi connectivity index (χ0) is 12.6. The van der Waals surface area contributed by atoms with Crippen LogP contribution in [0.5, 0.6) is 0 Å². The number of aliphatic hydroxyl groups is 1. The smallest absolute Gasteiger partial charge is 0.328 e. The van der Waals surface area contributed by atoms with E-state index in [1.807, 2.05) is 0 Å². The van der Waals surface area contributed by atoms with E-state index in [-0.39, 0.29) is 13.1 Å². The predicted molar refractivity (Wildman–Crippen MR) is 59.0 cm³/mol. The number of carbonyl (C=O) groups is 2. The third kappa shape index (κ3) is 4.61. The van der Waals surface area contributed by atoms with Gasteiger partial charge in [0.1, 0.15) is 0 Å². The molecule has 0 unspecified atom stereocenters. The second-order valence-electron chi connectivity index (χ2n) is 3.01. The van der Waals surface area contributed by atoms with Gasteiger partial charge in [-0.3, -0.25) is 0 Å². The fourth-order valence-corrected chi connectivity index (χ4v) is 0.978. The number of urea groups is 1. The molecule has 0 aromatic heterocycles. The Kier molecular flexibility index (Phi) is 6.62. The summed E-state index contributed by atoms with van der Waals surface area (Å²) in [7, 11) is 0. The highest BCUT2D eigenvalue weighted by Gasteiger charge is 2.21. The van der Waals surface area contributed by atoms with E-state index in [4.69, 9.17) is 10.2 Å². The van der Waals surface area contributed by atoms with E-state index >= 15 is 0 Å². The summed E-state index contributed by atoms with van der Waals surface area (Å²) in [4.78, 5) is 23.4. The zero-order valence-electron chi connectivity index (χ0n) is 8.93. The van der Waals surface area contributed by atoms with Gasteiger partial charge in [-0.1, -0.05) is 12.2 Å². The molecule has 3 N–H and O–H groups in total. The second kappa shape index (κ2) is 7.47. The van der Waals surface area contributed by atoms with Crippen molar-refractivity contribution in [2.24, 2.45) is 0 Å². The fraction of sp³-hybridized carbons (Fsp3) is 0.400. The van der Waals surface area contributed by atoms with Crippen LogP contribution in [0, 0.1) is 0 Å². The molecule has 0 aliphatic heterocycles. The molecule has 0 aliphatic rings. The van der Waals surface area contributed by atoms with Gasteiger partial charge >= 0.3 is 12.0 Å². The number of aliphatic hydroxyl groups excluding tert-OH is 1. The summed E-state index contributed by atoms with van der Waals surface area (Å²) >= 11 is 0. The minimum atomic E-state index is -1.30. The Bertz CT molecular complexity index is 268. The molecule has 16 heavy (non-hydrogen) atoms. The molecule has 0 radical (unpaired) electrons. The van der Waals surface area contributed by atoms with E-state index in [0.717, 1.165) is 0 Å². The van der Waals surface area contributed by atoms with Crippen molar-refractivity contribution in [3.8, 4) is 0 Å². The zero-order valence-corrected chi connectivity index (χ0v) is 8.93. The number of carboxylic acid groups (broad SMARTS) is 1. The summed E-state index contributed by atoms with van der Waals surface area (Å²) < 4.78 is 0. The average molecular weight is 228 g/mol. The van der Waals surface area contributed by atoms with Crippen molar-refractivity contribution < 1.29 is 19.8 Å². The van der Waals surface area contributed by atoms with Gasteiger partial charge in [-0.15, -0.1) is 13.2 Å². The Morgan fingerprint density at radius 1 is 1.31 bits per heavy atom. The fourth-order valence-electron chi connectivity index (χ4n) is 0.978. The van der Waals surface area contributed by atoms with E-state index in [1.165, 1.54) is 17.1 Å². The lowest BCUT2D eigenvalue weighted by Crippen LogP contribution is -2.49. The predicted octanol–water partition coefficient (Wildman–Crippen LogP) is -0.185. The molecule has 0 heterocycles. The summed E-state index contributed by atoms with van der Waals surface area (Å²) in [5.41, 5.74) is 0. The van der Waals surface area contributed by atoms with Gasteiger partial charge in [0.2, 0.25) is 0 Å². The maximum absolute atomic E-state index is 11.5. The van der Waals surface area contributed by atoms with Gasteiger partial charge in [0.25, 0.3) is 0 Å². The molecule has 0 aromatic carbocycles. The maximum Gasteiger partial charge on any atom is 0.328 e. The lowest BCUT2D eigenvalue weighted by Gasteiger charge is -2.21. The molecule has 0 saturated carbocycles. The number of nitrogens with one attached hydrogen (secondary N) is 1. The molecular weight excluding hydrogens is 212 g/mol. The minimum absolute atomic E-state index is 0.273. The highest BCUT2D eigenvalue weighted by atomic mass is 16.4. The largest absolute Gasteiger partial charge is 0.480 e. The van der Waals surface area contributed by atoms with Crippen molar-refractivity contribution in [1.29, 1.82) is 0 Å². The molecule has 0 rings (SSSR count). The number of carbonyl (C=O) groups excluding carboxylic acids is 1. The minimum Gasteiger partial charge on any atom is -0.480 e. The number of rotatable bonds is 7. The van der Waals surface area contributed by atoms with Gasteiger partial charge < -0.3 is 20.4 Å². The first-order valence-electron chi connectivity index (χ1n) is 4.67. The van der Waals surface area contributed by atoms with E-state index in [1.54, 1.807) is 0 Å². The third-order valence-corrected chi connectivity index (χ3v) is 1.76. The molecule has 1 atom stereocenters. The van der Waals surface area contributed by atoms with Gasteiger partial charge in [0, 0.05) is 13.1 Å². The van der Waals surface area contributed by atoms with Crippen LogP contribution in [-0.2, 0) is 4.79 Å². The normalized spacial score (nSPS) is 11.3. The molecule has 0 bridgehead atoms. The summed E-state index contributed by atoms with van der Waals surface area (Å²) in [6.45, 7) is 6.85. The van der Waals surface area contributed by atoms with Crippen molar-refractivity contribution in [1.82, 2.24) is 10.2 Å². The van der Waals surface area contributed by atoms with Gasteiger partial charge in [0.05, 0.1) is 6.61 Å². The van der Waals surface area contributed by atoms with Crippen LogP contribution in [0.2, 0.25) is 0 Å². The topological polar surface area (TPSA) is 89.9 Å². The molecule has 6 heteroatoms. The molecule has 90 valence electrons. The molecule has 0 spiro atoms. The van der Waals surface area contributed by atoms with Crippen molar-refractivity contribution >= 4 is 12.0 Å². The first-order chi connectivity index (χ1) is 7.56. The number of nitrogens with zero attached hydrogens (tertiary/aromatic N) is 1. The maximum atomic E-state index is 11.5. The molecule has 0 saturated heterocycles. The third-order valence-electron chi connectivity index (χ3n) is 1.76. The van der Waals surface area contributed by atoms with E-state index in [2.05, 4.69) is 18.5 Å². The Morgan fingerprint density at radius 2 is 1.81 bits per heavy atom. The Labute approximate surface area is 93.9 Å². The Hall–Kier alpha value is -1.82. The van der Waals surface area contributed by atoms with Crippen LogP contribution < -0.4 is 5.32 Å². The van der Waals surface area contributed by atoms with Crippen LogP contribution in [-0.4, -0.2) is 52.9 Å². The van der Waals surface area contributed by atoms with Crippen LogP contribution >= 0.6 is 0 Å². The number of carboxylic acids is 1. The summed E-state index contributed by atoms with van der Waals surface area (Å²) in [6.07, 6.45) is 3.02. The molecule has 2 amide bonds. The molecule has 6 nitrogen and oxygen atoms in total. The van der Waals surface area contributed by atoms with Gasteiger partial charge in [-0.25, -0.2) is 9.59 Å². The molecule has 0 fully saturated rings. The molecule has 0 aromatic rings.